The van der Waals surface area contributed by atoms with Crippen molar-refractivity contribution in [1.82, 2.24) is 14.9 Å². The van der Waals surface area contributed by atoms with Gasteiger partial charge in [0.05, 0.1) is 36.7 Å². The zero-order valence-corrected chi connectivity index (χ0v) is 25.6. The van der Waals surface area contributed by atoms with Gasteiger partial charge in [0.2, 0.25) is 11.9 Å². The van der Waals surface area contributed by atoms with Gasteiger partial charge in [0.1, 0.15) is 5.75 Å². The number of hydrogen-bond acceptors (Lipinski definition) is 9. The molecule has 1 aromatic heterocycles. The van der Waals surface area contributed by atoms with Crippen LogP contribution in [0.3, 0.4) is 0 Å². The van der Waals surface area contributed by atoms with E-state index in [4.69, 9.17) is 9.72 Å². The molecular weight excluding hydrogens is 582 g/mol. The summed E-state index contributed by atoms with van der Waals surface area (Å²) in [6.45, 7) is 7.55. The average molecular weight is 616 g/mol. The summed E-state index contributed by atoms with van der Waals surface area (Å²) in [6, 6.07) is 21.5. The number of fused-ring (bicyclic) bond motifs is 1. The number of anilines is 7. The quantitative estimate of drug-likeness (QED) is 0.255. The largest absolute Gasteiger partial charge is 0.494 e. The highest BCUT2D eigenvalue weighted by Crippen LogP contribution is 2.38. The summed E-state index contributed by atoms with van der Waals surface area (Å²) >= 11 is 0. The van der Waals surface area contributed by atoms with Crippen LogP contribution in [0.5, 0.6) is 5.75 Å². The number of nitrogens with zero attached hydrogens (tertiary/aromatic N) is 7. The third kappa shape index (κ3) is 6.17. The van der Waals surface area contributed by atoms with Crippen molar-refractivity contribution in [3.05, 3.63) is 96.7 Å². The predicted octanol–water partition coefficient (Wildman–Crippen LogP) is 5.26. The van der Waals surface area contributed by atoms with Crippen molar-refractivity contribution in [2.75, 3.05) is 65.7 Å². The second-order valence-electron chi connectivity index (χ2n) is 11.0. The number of urea groups is 1. The first-order chi connectivity index (χ1) is 22.4. The number of rotatable bonds is 8. The average Bonchev–Trinajstić information content (AvgIpc) is 3.08. The monoisotopic (exact) mass is 615 g/mol. The topological polar surface area (TPSA) is 130 Å². The molecule has 2 aliphatic rings. The van der Waals surface area contributed by atoms with Gasteiger partial charge in [0, 0.05) is 61.1 Å². The molecule has 0 radical (unpaired) electrons. The van der Waals surface area contributed by atoms with Gasteiger partial charge in [0.25, 0.3) is 0 Å². The fourth-order valence-electron chi connectivity index (χ4n) is 5.47. The SMILES string of the molecule is C=CC(=O)Nc1cccc(N2C(=O)N(c3cccc(C#N)c3)Cc3cnc(Nc4ccc(N5CCN(C)CC5)cc4OC)nc32)c1. The second-order valence-corrected chi connectivity index (χ2v) is 11.0. The fraction of sp³-hybridized carbons (Fsp3) is 0.206. The number of amides is 3. The van der Waals surface area contributed by atoms with Gasteiger partial charge in [0.15, 0.2) is 5.82 Å². The van der Waals surface area contributed by atoms with E-state index in [1.807, 2.05) is 18.2 Å². The van der Waals surface area contributed by atoms with E-state index in [0.717, 1.165) is 31.9 Å². The number of piperazine rings is 1. The summed E-state index contributed by atoms with van der Waals surface area (Å²) in [5.41, 5.74) is 4.39. The third-order valence-electron chi connectivity index (χ3n) is 7.95. The number of ether oxygens (including phenoxy) is 1. The highest BCUT2D eigenvalue weighted by Gasteiger charge is 2.35. The molecule has 232 valence electrons. The summed E-state index contributed by atoms with van der Waals surface area (Å²) in [4.78, 5) is 43.3. The van der Waals surface area contributed by atoms with Crippen LogP contribution in [-0.2, 0) is 11.3 Å². The minimum atomic E-state index is -0.381. The number of aromatic nitrogens is 2. The molecule has 3 aromatic carbocycles. The van der Waals surface area contributed by atoms with E-state index in [2.05, 4.69) is 45.1 Å². The van der Waals surface area contributed by atoms with Crippen molar-refractivity contribution in [2.45, 2.75) is 6.54 Å². The van der Waals surface area contributed by atoms with E-state index in [1.165, 1.54) is 11.0 Å². The summed E-state index contributed by atoms with van der Waals surface area (Å²) in [6.07, 6.45) is 2.86. The molecule has 3 amide bonds. The highest BCUT2D eigenvalue weighted by molar-refractivity contribution is 6.10. The minimum absolute atomic E-state index is 0.190. The fourth-order valence-corrected chi connectivity index (χ4v) is 5.47. The molecular formula is C34H33N9O3. The van der Waals surface area contributed by atoms with Crippen LogP contribution in [-0.4, -0.2) is 67.1 Å². The number of hydrogen-bond donors (Lipinski definition) is 2. The van der Waals surface area contributed by atoms with Crippen LogP contribution >= 0.6 is 0 Å². The van der Waals surface area contributed by atoms with E-state index in [-0.39, 0.29) is 24.4 Å². The molecule has 0 bridgehead atoms. The van der Waals surface area contributed by atoms with Crippen LogP contribution in [0, 0.1) is 11.3 Å². The first-order valence-electron chi connectivity index (χ1n) is 14.8. The lowest BCUT2D eigenvalue weighted by atomic mass is 10.1. The Labute approximate surface area is 267 Å². The van der Waals surface area contributed by atoms with Gasteiger partial charge in [-0.2, -0.15) is 10.2 Å². The molecule has 0 saturated carbocycles. The number of nitrogens with one attached hydrogen (secondary N) is 2. The number of nitriles is 1. The molecule has 0 atom stereocenters. The Bertz CT molecular complexity index is 1850. The first kappa shape index (κ1) is 30.1. The van der Waals surface area contributed by atoms with Gasteiger partial charge in [-0.1, -0.05) is 18.7 Å². The predicted molar refractivity (Wildman–Crippen MR) is 178 cm³/mol. The van der Waals surface area contributed by atoms with E-state index in [9.17, 15) is 14.9 Å². The van der Waals surface area contributed by atoms with Gasteiger partial charge >= 0.3 is 6.03 Å². The number of likely N-dealkylation sites (N-methyl/N-ethyl adjacent to an activating group) is 1. The molecule has 1 fully saturated rings. The van der Waals surface area contributed by atoms with Crippen molar-refractivity contribution in [3.8, 4) is 11.8 Å². The lowest BCUT2D eigenvalue weighted by Crippen LogP contribution is -2.45. The third-order valence-corrected chi connectivity index (χ3v) is 7.95. The van der Waals surface area contributed by atoms with Crippen molar-refractivity contribution in [2.24, 2.45) is 0 Å². The normalized spacial score (nSPS) is 14.7. The smallest absolute Gasteiger partial charge is 0.335 e. The van der Waals surface area contributed by atoms with E-state index < -0.39 is 0 Å². The lowest BCUT2D eigenvalue weighted by Gasteiger charge is -2.36. The number of carbonyl (C=O) groups excluding carboxylic acids is 2. The Hall–Kier alpha value is -5.93. The first-order valence-corrected chi connectivity index (χ1v) is 14.8. The summed E-state index contributed by atoms with van der Waals surface area (Å²) in [5, 5.41) is 15.5. The van der Waals surface area contributed by atoms with Crippen LogP contribution in [0.4, 0.5) is 45.0 Å². The standard InChI is InChI=1S/C34H33N9O3/c1-4-31(44)37-25-8-6-10-28(18-25)43-32-24(22-42(34(43)45)27-9-5-7-23(17-27)20-35)21-36-33(39-32)38-29-12-11-26(19-30(29)46-3)41-15-13-40(2)14-16-41/h4-12,17-19,21H,1,13-16,22H2,2-3H3,(H,37,44)(H,36,38,39). The highest BCUT2D eigenvalue weighted by atomic mass is 16.5. The van der Waals surface area contributed by atoms with Crippen molar-refractivity contribution in [1.29, 1.82) is 5.26 Å². The Morgan fingerprint density at radius 3 is 2.57 bits per heavy atom. The molecule has 4 aromatic rings. The molecule has 0 spiro atoms. The van der Waals surface area contributed by atoms with E-state index in [1.54, 1.807) is 66.7 Å². The number of carbonyl (C=O) groups is 2. The molecule has 0 aliphatic carbocycles. The van der Waals surface area contributed by atoms with Crippen molar-refractivity contribution in [3.63, 3.8) is 0 Å². The molecule has 3 heterocycles. The van der Waals surface area contributed by atoms with E-state index >= 15 is 0 Å². The Morgan fingerprint density at radius 2 is 1.80 bits per heavy atom. The molecule has 1 saturated heterocycles. The Balaban J connectivity index is 1.36. The summed E-state index contributed by atoms with van der Waals surface area (Å²) in [7, 11) is 3.75. The molecule has 6 rings (SSSR count). The zero-order valence-electron chi connectivity index (χ0n) is 25.6. The van der Waals surface area contributed by atoms with Gasteiger partial charge < -0.3 is 25.2 Å². The molecule has 12 nitrogen and oxygen atoms in total. The minimum Gasteiger partial charge on any atom is -0.494 e. The lowest BCUT2D eigenvalue weighted by molar-refractivity contribution is -0.111. The summed E-state index contributed by atoms with van der Waals surface area (Å²) in [5.74, 6) is 0.924. The Morgan fingerprint density at radius 1 is 1.02 bits per heavy atom. The molecule has 46 heavy (non-hydrogen) atoms. The van der Waals surface area contributed by atoms with Crippen molar-refractivity contribution < 1.29 is 14.3 Å². The second kappa shape index (κ2) is 13.0. The van der Waals surface area contributed by atoms with Crippen LogP contribution in [0.25, 0.3) is 0 Å². The van der Waals surface area contributed by atoms with Crippen LogP contribution in [0.2, 0.25) is 0 Å². The van der Waals surface area contributed by atoms with Gasteiger partial charge in [-0.3, -0.25) is 9.69 Å². The van der Waals surface area contributed by atoms with Gasteiger partial charge in [-0.05, 0) is 61.7 Å². The number of benzene rings is 3. The molecule has 2 aliphatic heterocycles. The summed E-state index contributed by atoms with van der Waals surface area (Å²) < 4.78 is 5.74. The van der Waals surface area contributed by atoms with E-state index in [0.29, 0.717) is 45.4 Å². The molecule has 0 unspecified atom stereocenters. The van der Waals surface area contributed by atoms with Gasteiger partial charge in [-0.25, -0.2) is 14.7 Å². The van der Waals surface area contributed by atoms with Crippen LogP contribution < -0.4 is 30.1 Å². The van der Waals surface area contributed by atoms with Crippen LogP contribution in [0.15, 0.2) is 85.6 Å². The zero-order chi connectivity index (χ0) is 32.2. The maximum Gasteiger partial charge on any atom is 0.335 e. The van der Waals surface area contributed by atoms with Crippen molar-refractivity contribution >= 4 is 52.1 Å². The molecule has 12 heteroatoms. The van der Waals surface area contributed by atoms with Gasteiger partial charge in [-0.15, -0.1) is 0 Å². The maximum absolute atomic E-state index is 14.2. The number of methoxy groups -OCH3 is 1. The Kier molecular flexibility index (Phi) is 8.49. The van der Waals surface area contributed by atoms with Crippen LogP contribution in [0.1, 0.15) is 11.1 Å². The molecule has 2 N–H and O–H groups in total. The maximum atomic E-state index is 14.2.